The summed E-state index contributed by atoms with van der Waals surface area (Å²) in [6.07, 6.45) is -0.116. The van der Waals surface area contributed by atoms with E-state index in [-0.39, 0.29) is 17.1 Å². The van der Waals surface area contributed by atoms with E-state index in [0.29, 0.717) is 15.6 Å². The van der Waals surface area contributed by atoms with Gasteiger partial charge in [-0.2, -0.15) is 0 Å². The number of hydrogen-bond donors (Lipinski definition) is 1. The fourth-order valence-electron chi connectivity index (χ4n) is 1.80. The number of esters is 1. The molecule has 24 heavy (non-hydrogen) atoms. The SMILES string of the molecule is O=C(COC(=O)Cc1ccc(Cl)cc1Cl)Nc1cc(Cl)ccc1F. The van der Waals surface area contributed by atoms with Crippen molar-refractivity contribution in [3.05, 3.63) is 62.8 Å². The highest BCUT2D eigenvalue weighted by molar-refractivity contribution is 6.35. The van der Waals surface area contributed by atoms with Crippen molar-refractivity contribution in [3.63, 3.8) is 0 Å². The Bertz CT molecular complexity index is 783. The van der Waals surface area contributed by atoms with Crippen molar-refractivity contribution < 1.29 is 18.7 Å². The Labute approximate surface area is 152 Å². The van der Waals surface area contributed by atoms with Gasteiger partial charge in [0, 0.05) is 15.1 Å². The molecule has 1 amide bonds. The summed E-state index contributed by atoms with van der Waals surface area (Å²) in [5.41, 5.74) is 0.427. The number of halogens is 4. The summed E-state index contributed by atoms with van der Waals surface area (Å²) in [6.45, 7) is -0.560. The van der Waals surface area contributed by atoms with Crippen molar-refractivity contribution in [3.8, 4) is 0 Å². The van der Waals surface area contributed by atoms with Gasteiger partial charge in [0.2, 0.25) is 0 Å². The quantitative estimate of drug-likeness (QED) is 0.764. The normalized spacial score (nSPS) is 10.3. The van der Waals surface area contributed by atoms with Crippen molar-refractivity contribution >= 4 is 52.4 Å². The Morgan fingerprint density at radius 2 is 1.71 bits per heavy atom. The van der Waals surface area contributed by atoms with Gasteiger partial charge >= 0.3 is 5.97 Å². The molecule has 0 aliphatic rings. The molecule has 0 fully saturated rings. The highest BCUT2D eigenvalue weighted by Gasteiger charge is 2.13. The number of benzene rings is 2. The summed E-state index contributed by atoms with van der Waals surface area (Å²) in [6, 6.07) is 8.40. The molecule has 0 aliphatic carbocycles. The highest BCUT2D eigenvalue weighted by Crippen LogP contribution is 2.22. The van der Waals surface area contributed by atoms with Crippen LogP contribution in [0.2, 0.25) is 15.1 Å². The van der Waals surface area contributed by atoms with Crippen molar-refractivity contribution in [2.24, 2.45) is 0 Å². The molecule has 0 bridgehead atoms. The van der Waals surface area contributed by atoms with Crippen LogP contribution in [0.5, 0.6) is 0 Å². The molecule has 0 atom stereocenters. The molecule has 0 unspecified atom stereocenters. The second kappa shape index (κ2) is 8.33. The number of amides is 1. The van der Waals surface area contributed by atoms with Gasteiger partial charge in [0.15, 0.2) is 6.61 Å². The highest BCUT2D eigenvalue weighted by atomic mass is 35.5. The Hall–Kier alpha value is -1.82. The molecular weight excluding hydrogens is 380 g/mol. The summed E-state index contributed by atoms with van der Waals surface area (Å²) in [7, 11) is 0. The van der Waals surface area contributed by atoms with Gasteiger partial charge in [-0.15, -0.1) is 0 Å². The van der Waals surface area contributed by atoms with Crippen LogP contribution in [-0.4, -0.2) is 18.5 Å². The Kier molecular flexibility index (Phi) is 6.43. The molecule has 0 aliphatic heterocycles. The lowest BCUT2D eigenvalue weighted by atomic mass is 10.1. The second-order valence-corrected chi connectivity index (χ2v) is 6.03. The number of nitrogens with one attached hydrogen (secondary N) is 1. The third kappa shape index (κ3) is 5.37. The van der Waals surface area contributed by atoms with Gasteiger partial charge in [0.05, 0.1) is 12.1 Å². The number of hydrogen-bond acceptors (Lipinski definition) is 3. The number of carbonyl (C=O) groups excluding carboxylic acids is 2. The van der Waals surface area contributed by atoms with Gasteiger partial charge in [-0.1, -0.05) is 40.9 Å². The van der Waals surface area contributed by atoms with Crippen molar-refractivity contribution in [1.82, 2.24) is 0 Å². The molecule has 8 heteroatoms. The van der Waals surface area contributed by atoms with Crippen LogP contribution in [-0.2, 0) is 20.7 Å². The molecule has 126 valence electrons. The average Bonchev–Trinajstić information content (AvgIpc) is 2.52. The summed E-state index contributed by atoms with van der Waals surface area (Å²) >= 11 is 17.4. The van der Waals surface area contributed by atoms with Crippen LogP contribution in [0.15, 0.2) is 36.4 Å². The molecular formula is C16H11Cl3FNO3. The average molecular weight is 391 g/mol. The Morgan fingerprint density at radius 3 is 2.42 bits per heavy atom. The summed E-state index contributed by atoms with van der Waals surface area (Å²) < 4.78 is 18.3. The van der Waals surface area contributed by atoms with Crippen LogP contribution >= 0.6 is 34.8 Å². The lowest BCUT2D eigenvalue weighted by Gasteiger charge is -2.08. The van der Waals surface area contributed by atoms with Crippen LogP contribution in [0.1, 0.15) is 5.56 Å². The Morgan fingerprint density at radius 1 is 1.04 bits per heavy atom. The minimum absolute atomic E-state index is 0.0932. The maximum atomic E-state index is 13.5. The monoisotopic (exact) mass is 389 g/mol. The molecule has 0 heterocycles. The van der Waals surface area contributed by atoms with E-state index < -0.39 is 24.3 Å². The smallest absolute Gasteiger partial charge is 0.310 e. The molecule has 2 rings (SSSR count). The lowest BCUT2D eigenvalue weighted by Crippen LogP contribution is -2.22. The molecule has 4 nitrogen and oxygen atoms in total. The Balaban J connectivity index is 1.87. The lowest BCUT2D eigenvalue weighted by molar-refractivity contribution is -0.146. The second-order valence-electron chi connectivity index (χ2n) is 4.75. The first-order chi connectivity index (χ1) is 11.3. The van der Waals surface area contributed by atoms with E-state index in [1.807, 2.05) is 0 Å². The van der Waals surface area contributed by atoms with E-state index >= 15 is 0 Å². The third-order valence-corrected chi connectivity index (χ3v) is 3.74. The number of rotatable bonds is 5. The van der Waals surface area contributed by atoms with Crippen LogP contribution in [0.25, 0.3) is 0 Å². The van der Waals surface area contributed by atoms with E-state index in [1.54, 1.807) is 12.1 Å². The van der Waals surface area contributed by atoms with Crippen molar-refractivity contribution in [2.45, 2.75) is 6.42 Å². The maximum absolute atomic E-state index is 13.5. The van der Waals surface area contributed by atoms with Crippen LogP contribution in [0.3, 0.4) is 0 Å². The largest absolute Gasteiger partial charge is 0.455 e. The summed E-state index contributed by atoms with van der Waals surface area (Å²) in [5, 5.41) is 3.30. The van der Waals surface area contributed by atoms with Gasteiger partial charge in [-0.25, -0.2) is 4.39 Å². The molecule has 1 N–H and O–H groups in total. The first kappa shape index (κ1) is 18.5. The van der Waals surface area contributed by atoms with Gasteiger partial charge in [0.1, 0.15) is 5.82 Å². The van der Waals surface area contributed by atoms with Gasteiger partial charge in [-0.05, 0) is 35.9 Å². The number of anilines is 1. The topological polar surface area (TPSA) is 55.4 Å². The van der Waals surface area contributed by atoms with Crippen molar-refractivity contribution in [1.29, 1.82) is 0 Å². The van der Waals surface area contributed by atoms with E-state index in [9.17, 15) is 14.0 Å². The molecule has 0 radical (unpaired) electrons. The molecule has 2 aromatic rings. The van der Waals surface area contributed by atoms with Crippen LogP contribution < -0.4 is 5.32 Å². The van der Waals surface area contributed by atoms with Crippen LogP contribution in [0, 0.1) is 5.82 Å². The van der Waals surface area contributed by atoms with E-state index in [2.05, 4.69) is 5.32 Å². The van der Waals surface area contributed by atoms with E-state index in [4.69, 9.17) is 39.5 Å². The fraction of sp³-hybridized carbons (Fsp3) is 0.125. The molecule has 0 saturated heterocycles. The molecule has 2 aromatic carbocycles. The molecule has 0 spiro atoms. The number of ether oxygens (including phenoxy) is 1. The molecule has 0 saturated carbocycles. The standard InChI is InChI=1S/C16H11Cl3FNO3/c17-10-2-1-9(12(19)6-10)5-16(23)24-8-15(22)21-14-7-11(18)3-4-13(14)20/h1-4,6-7H,5,8H2,(H,21,22). The first-order valence-corrected chi connectivity index (χ1v) is 7.83. The maximum Gasteiger partial charge on any atom is 0.310 e. The van der Waals surface area contributed by atoms with Gasteiger partial charge < -0.3 is 10.1 Å². The zero-order valence-electron chi connectivity index (χ0n) is 12.1. The van der Waals surface area contributed by atoms with E-state index in [1.165, 1.54) is 18.2 Å². The third-order valence-electron chi connectivity index (χ3n) is 2.92. The van der Waals surface area contributed by atoms with Crippen LogP contribution in [0.4, 0.5) is 10.1 Å². The van der Waals surface area contributed by atoms with Gasteiger partial charge in [0.25, 0.3) is 5.91 Å². The number of carbonyl (C=O) groups is 2. The van der Waals surface area contributed by atoms with Gasteiger partial charge in [-0.3, -0.25) is 9.59 Å². The predicted octanol–water partition coefficient (Wildman–Crippen LogP) is 4.51. The minimum atomic E-state index is -0.688. The minimum Gasteiger partial charge on any atom is -0.455 e. The summed E-state index contributed by atoms with van der Waals surface area (Å²) in [4.78, 5) is 23.4. The first-order valence-electron chi connectivity index (χ1n) is 6.69. The predicted molar refractivity (Wildman–Crippen MR) is 91.2 cm³/mol. The zero-order valence-corrected chi connectivity index (χ0v) is 14.4. The molecule has 0 aromatic heterocycles. The summed E-state index contributed by atoms with van der Waals surface area (Å²) in [5.74, 6) is -1.99. The fourth-order valence-corrected chi connectivity index (χ4v) is 2.44. The van der Waals surface area contributed by atoms with Crippen molar-refractivity contribution in [2.75, 3.05) is 11.9 Å². The van der Waals surface area contributed by atoms with E-state index in [0.717, 1.165) is 6.07 Å². The zero-order chi connectivity index (χ0) is 17.7.